The Morgan fingerprint density at radius 3 is 2.32 bits per heavy atom. The monoisotopic (exact) mass is 314 g/mol. The number of hydrogen-bond acceptors (Lipinski definition) is 3. The number of carboxylic acids is 1. The van der Waals surface area contributed by atoms with Gasteiger partial charge in [0.25, 0.3) is 0 Å². The van der Waals surface area contributed by atoms with Gasteiger partial charge < -0.3 is 5.11 Å². The maximum absolute atomic E-state index is 10.3. The van der Waals surface area contributed by atoms with Crippen LogP contribution in [0.4, 0.5) is 0 Å². The molecular weight excluding hydrogens is 280 g/mol. The van der Waals surface area contributed by atoms with E-state index in [0.29, 0.717) is 6.42 Å². The second-order valence-corrected chi connectivity index (χ2v) is 5.97. The molecule has 0 bridgehead atoms. The third-order valence-electron chi connectivity index (χ3n) is 3.86. The topological polar surface area (TPSA) is 66.8 Å². The number of aliphatic carboxylic acids is 1. The van der Waals surface area contributed by atoms with Crippen molar-refractivity contribution in [1.29, 1.82) is 0 Å². The Labute approximate surface area is 135 Å². The van der Waals surface area contributed by atoms with Crippen LogP contribution in [0.1, 0.15) is 90.4 Å². The van der Waals surface area contributed by atoms with Crippen molar-refractivity contribution in [2.24, 2.45) is 0 Å². The number of carbonyl (C=O) groups is 1. The van der Waals surface area contributed by atoms with Gasteiger partial charge in [0.1, 0.15) is 0 Å². The summed E-state index contributed by atoms with van der Waals surface area (Å²) in [5.41, 5.74) is 0. The average molecular weight is 314 g/mol. The quantitative estimate of drug-likeness (QED) is 0.169. The van der Waals surface area contributed by atoms with Crippen LogP contribution in [0.5, 0.6) is 0 Å². The summed E-state index contributed by atoms with van der Waals surface area (Å²) in [6, 6.07) is 0. The molecule has 0 rings (SSSR count). The number of carboxylic acid groups (broad SMARTS) is 1. The van der Waals surface area contributed by atoms with E-state index in [4.69, 9.17) is 10.4 Å². The molecule has 0 aliphatic heterocycles. The van der Waals surface area contributed by atoms with E-state index in [0.717, 1.165) is 51.4 Å². The molecule has 1 atom stereocenters. The molecule has 0 spiro atoms. The van der Waals surface area contributed by atoms with E-state index in [2.05, 4.69) is 24.0 Å². The number of rotatable bonds is 16. The second kappa shape index (κ2) is 16.5. The smallest absolute Gasteiger partial charge is 0.303 e. The summed E-state index contributed by atoms with van der Waals surface area (Å²) < 4.78 is 0. The van der Waals surface area contributed by atoms with Gasteiger partial charge >= 0.3 is 5.97 Å². The average Bonchev–Trinajstić information content (AvgIpc) is 2.50. The first-order valence-corrected chi connectivity index (χ1v) is 8.87. The molecule has 0 saturated heterocycles. The van der Waals surface area contributed by atoms with E-state index < -0.39 is 5.97 Å². The van der Waals surface area contributed by atoms with Gasteiger partial charge in [0.2, 0.25) is 0 Å². The molecule has 0 unspecified atom stereocenters. The van der Waals surface area contributed by atoms with Gasteiger partial charge in [-0.3, -0.25) is 10.1 Å². The first kappa shape index (κ1) is 21.1. The molecule has 22 heavy (non-hydrogen) atoms. The zero-order valence-electron chi connectivity index (χ0n) is 14.1. The molecule has 0 amide bonds. The van der Waals surface area contributed by atoms with E-state index in [1.54, 1.807) is 0 Å². The van der Waals surface area contributed by atoms with Crippen molar-refractivity contribution in [2.45, 2.75) is 96.5 Å². The molecular formula is C18H34O4. The van der Waals surface area contributed by atoms with Gasteiger partial charge in [0, 0.05) is 6.42 Å². The summed E-state index contributed by atoms with van der Waals surface area (Å²) in [5.74, 6) is -0.692. The fraction of sp³-hybridized carbons (Fsp3) is 0.833. The molecule has 4 heteroatoms. The summed E-state index contributed by atoms with van der Waals surface area (Å²) in [6.45, 7) is 2.17. The van der Waals surface area contributed by atoms with Crippen molar-refractivity contribution in [3.05, 3.63) is 12.2 Å². The molecule has 0 aliphatic carbocycles. The third kappa shape index (κ3) is 15.5. The van der Waals surface area contributed by atoms with Crippen molar-refractivity contribution in [2.75, 3.05) is 0 Å². The van der Waals surface area contributed by atoms with Crippen molar-refractivity contribution in [1.82, 2.24) is 0 Å². The van der Waals surface area contributed by atoms with Crippen molar-refractivity contribution >= 4 is 5.97 Å². The first-order chi connectivity index (χ1) is 10.7. The molecule has 0 aliphatic rings. The summed E-state index contributed by atoms with van der Waals surface area (Å²) in [4.78, 5) is 14.9. The number of unbranched alkanes of at least 4 members (excludes halogenated alkanes) is 7. The minimum atomic E-state index is -0.692. The maximum Gasteiger partial charge on any atom is 0.303 e. The SMILES string of the molecule is CCCCC[C@@H](CC/C=C\CCCCCCCC(=O)O)OO. The van der Waals surface area contributed by atoms with Crippen LogP contribution >= 0.6 is 0 Å². The standard InChI is InChI=1S/C18H34O4/c1-2-3-11-14-17(22-21)15-12-9-7-5-4-6-8-10-13-16-18(19)20/h7,9,17,21H,2-6,8,10-16H2,1H3,(H,19,20)/b9-7-/t17-/m0/s1. The molecule has 0 aromatic heterocycles. The van der Waals surface area contributed by atoms with E-state index >= 15 is 0 Å². The Kier molecular flexibility index (Phi) is 15.8. The lowest BCUT2D eigenvalue weighted by atomic mass is 10.1. The summed E-state index contributed by atoms with van der Waals surface area (Å²) >= 11 is 0. The lowest BCUT2D eigenvalue weighted by Crippen LogP contribution is -2.10. The maximum atomic E-state index is 10.3. The molecule has 0 aromatic carbocycles. The lowest BCUT2D eigenvalue weighted by Gasteiger charge is -2.11. The van der Waals surface area contributed by atoms with E-state index in [-0.39, 0.29) is 6.10 Å². The van der Waals surface area contributed by atoms with Crippen LogP contribution in [0.15, 0.2) is 12.2 Å². The molecule has 4 nitrogen and oxygen atoms in total. The molecule has 0 saturated carbocycles. The van der Waals surface area contributed by atoms with Gasteiger partial charge in [-0.05, 0) is 38.5 Å². The van der Waals surface area contributed by atoms with Crippen LogP contribution in [0.2, 0.25) is 0 Å². The minimum absolute atomic E-state index is 0.0227. The summed E-state index contributed by atoms with van der Waals surface area (Å²) in [6.07, 6.45) is 17.3. The van der Waals surface area contributed by atoms with E-state index in [9.17, 15) is 4.79 Å². The Morgan fingerprint density at radius 1 is 0.955 bits per heavy atom. The van der Waals surface area contributed by atoms with Gasteiger partial charge in [0.05, 0.1) is 6.10 Å². The van der Waals surface area contributed by atoms with Crippen LogP contribution in [0.3, 0.4) is 0 Å². The first-order valence-electron chi connectivity index (χ1n) is 8.87. The summed E-state index contributed by atoms with van der Waals surface area (Å²) in [5, 5.41) is 17.4. The van der Waals surface area contributed by atoms with Crippen LogP contribution < -0.4 is 0 Å². The van der Waals surface area contributed by atoms with Crippen molar-refractivity contribution < 1.29 is 20.0 Å². The van der Waals surface area contributed by atoms with Crippen molar-refractivity contribution in [3.63, 3.8) is 0 Å². The van der Waals surface area contributed by atoms with E-state index in [1.165, 1.54) is 25.7 Å². The third-order valence-corrected chi connectivity index (χ3v) is 3.86. The van der Waals surface area contributed by atoms with Gasteiger partial charge in [-0.1, -0.05) is 57.6 Å². The largest absolute Gasteiger partial charge is 0.481 e. The fourth-order valence-electron chi connectivity index (χ4n) is 2.46. The number of allylic oxidation sites excluding steroid dienone is 2. The predicted octanol–water partition coefficient (Wildman–Crippen LogP) is 5.58. The van der Waals surface area contributed by atoms with Gasteiger partial charge in [-0.2, -0.15) is 0 Å². The minimum Gasteiger partial charge on any atom is -0.481 e. The van der Waals surface area contributed by atoms with Crippen molar-refractivity contribution in [3.8, 4) is 0 Å². The Bertz CT molecular complexity index is 276. The fourth-order valence-corrected chi connectivity index (χ4v) is 2.46. The molecule has 0 fully saturated rings. The van der Waals surface area contributed by atoms with Crippen LogP contribution in [-0.4, -0.2) is 22.4 Å². The Hall–Kier alpha value is -0.870. The Morgan fingerprint density at radius 2 is 1.64 bits per heavy atom. The molecule has 0 heterocycles. The van der Waals surface area contributed by atoms with Crippen LogP contribution in [0, 0.1) is 0 Å². The second-order valence-electron chi connectivity index (χ2n) is 5.97. The highest BCUT2D eigenvalue weighted by atomic mass is 17.1. The van der Waals surface area contributed by atoms with Gasteiger partial charge in [-0.15, -0.1) is 0 Å². The highest BCUT2D eigenvalue weighted by Gasteiger charge is 2.06. The zero-order chi connectivity index (χ0) is 16.5. The lowest BCUT2D eigenvalue weighted by molar-refractivity contribution is -0.281. The highest BCUT2D eigenvalue weighted by Crippen LogP contribution is 2.12. The normalized spacial score (nSPS) is 12.8. The molecule has 0 aromatic rings. The predicted molar refractivity (Wildman–Crippen MR) is 90.0 cm³/mol. The van der Waals surface area contributed by atoms with Gasteiger partial charge in [-0.25, -0.2) is 4.89 Å². The van der Waals surface area contributed by atoms with E-state index in [1.807, 2.05) is 0 Å². The van der Waals surface area contributed by atoms with Crippen LogP contribution in [-0.2, 0) is 9.68 Å². The molecule has 2 N–H and O–H groups in total. The Balaban J connectivity index is 3.36. The zero-order valence-corrected chi connectivity index (χ0v) is 14.1. The van der Waals surface area contributed by atoms with Gasteiger partial charge in [0.15, 0.2) is 0 Å². The number of hydrogen-bond donors (Lipinski definition) is 2. The molecule has 0 radical (unpaired) electrons. The highest BCUT2D eigenvalue weighted by molar-refractivity contribution is 5.66. The molecule has 130 valence electrons. The summed E-state index contributed by atoms with van der Waals surface area (Å²) in [7, 11) is 0. The van der Waals surface area contributed by atoms with Crippen LogP contribution in [0.25, 0.3) is 0 Å².